The molecule has 1 N–H and O–H groups in total. The van der Waals surface area contributed by atoms with Gasteiger partial charge in [-0.2, -0.15) is 13.2 Å². The van der Waals surface area contributed by atoms with Crippen molar-refractivity contribution in [3.8, 4) is 17.2 Å². The van der Waals surface area contributed by atoms with E-state index in [2.05, 4.69) is 20.2 Å². The van der Waals surface area contributed by atoms with E-state index in [4.69, 9.17) is 14.2 Å². The number of amides is 1. The predicted octanol–water partition coefficient (Wildman–Crippen LogP) is 4.25. The van der Waals surface area contributed by atoms with Crippen molar-refractivity contribution < 1.29 is 32.2 Å². The van der Waals surface area contributed by atoms with E-state index in [-0.39, 0.29) is 30.2 Å². The van der Waals surface area contributed by atoms with Crippen LogP contribution >= 0.6 is 0 Å². The smallest absolute Gasteiger partial charge is 0.451 e. The van der Waals surface area contributed by atoms with Crippen LogP contribution in [-0.2, 0) is 22.1 Å². The Hall–Kier alpha value is -3.86. The fourth-order valence-electron chi connectivity index (χ4n) is 4.59. The topological polar surface area (TPSA) is 85.8 Å². The van der Waals surface area contributed by atoms with Crippen molar-refractivity contribution in [3.05, 3.63) is 72.3 Å². The number of rotatable bonds is 8. The van der Waals surface area contributed by atoms with E-state index in [1.54, 1.807) is 18.2 Å². The average molecular weight is 529 g/mol. The van der Waals surface area contributed by atoms with E-state index in [0.29, 0.717) is 25.5 Å². The molecule has 1 amide bonds. The molecule has 200 valence electrons. The van der Waals surface area contributed by atoms with Crippen molar-refractivity contribution in [1.82, 2.24) is 15.3 Å². The van der Waals surface area contributed by atoms with Crippen molar-refractivity contribution in [2.24, 2.45) is 5.92 Å². The molecule has 8 nitrogen and oxygen atoms in total. The first-order chi connectivity index (χ1) is 18.3. The van der Waals surface area contributed by atoms with E-state index in [1.165, 1.54) is 0 Å². The molecule has 0 radical (unpaired) electrons. The number of para-hydroxylation sites is 1. The third-order valence-corrected chi connectivity index (χ3v) is 6.40. The Labute approximate surface area is 217 Å². The standard InChI is InChI=1S/C27H27F3N4O4/c28-27(29,30)26-31-12-23(13-32-26)38-22-6-3-5-21(11-22)34-9-8-20(14-34)33-25(35)17-36-15-18-10-19-4-1-2-7-24(19)37-16-18/h1-7,11-13,18,20H,8-10,14-17H2,(H,33,35). The van der Waals surface area contributed by atoms with Gasteiger partial charge in [0.25, 0.3) is 0 Å². The fourth-order valence-corrected chi connectivity index (χ4v) is 4.59. The lowest BCUT2D eigenvalue weighted by atomic mass is 9.97. The first-order valence-corrected chi connectivity index (χ1v) is 12.3. The molecule has 5 rings (SSSR count). The lowest BCUT2D eigenvalue weighted by Crippen LogP contribution is -2.39. The van der Waals surface area contributed by atoms with E-state index < -0.39 is 12.0 Å². The summed E-state index contributed by atoms with van der Waals surface area (Å²) >= 11 is 0. The Kier molecular flexibility index (Phi) is 7.64. The van der Waals surface area contributed by atoms with Gasteiger partial charge in [-0.25, -0.2) is 9.97 Å². The molecule has 11 heteroatoms. The largest absolute Gasteiger partial charge is 0.493 e. The summed E-state index contributed by atoms with van der Waals surface area (Å²) in [7, 11) is 0. The number of benzene rings is 2. The number of aromatic nitrogens is 2. The van der Waals surface area contributed by atoms with Crippen LogP contribution in [0.3, 0.4) is 0 Å². The Morgan fingerprint density at radius 3 is 2.74 bits per heavy atom. The maximum absolute atomic E-state index is 12.7. The number of hydrogen-bond donors (Lipinski definition) is 1. The second-order valence-electron chi connectivity index (χ2n) is 9.34. The second-order valence-corrected chi connectivity index (χ2v) is 9.34. The van der Waals surface area contributed by atoms with E-state index in [0.717, 1.165) is 48.8 Å². The zero-order chi connectivity index (χ0) is 26.5. The van der Waals surface area contributed by atoms with E-state index >= 15 is 0 Å². The summed E-state index contributed by atoms with van der Waals surface area (Å²) < 4.78 is 55.1. The van der Waals surface area contributed by atoms with Crippen LogP contribution < -0.4 is 19.7 Å². The molecule has 1 saturated heterocycles. The van der Waals surface area contributed by atoms with Crippen molar-refractivity contribution in [2.45, 2.75) is 25.1 Å². The number of hydrogen-bond acceptors (Lipinski definition) is 7. The SMILES string of the molecule is O=C(COCC1COc2ccccc2C1)NC1CCN(c2cccc(Oc3cnc(C(F)(F)F)nc3)c2)C1. The van der Waals surface area contributed by atoms with Gasteiger partial charge in [0.15, 0.2) is 5.75 Å². The maximum Gasteiger partial charge on any atom is 0.451 e. The van der Waals surface area contributed by atoms with Crippen LogP contribution in [0.25, 0.3) is 0 Å². The summed E-state index contributed by atoms with van der Waals surface area (Å²) in [5.74, 6) is 0.296. The summed E-state index contributed by atoms with van der Waals surface area (Å²) in [5, 5.41) is 3.03. The van der Waals surface area contributed by atoms with Gasteiger partial charge >= 0.3 is 6.18 Å². The van der Waals surface area contributed by atoms with Crippen LogP contribution in [0.15, 0.2) is 60.9 Å². The van der Waals surface area contributed by atoms with Crippen molar-refractivity contribution in [2.75, 3.05) is 37.8 Å². The van der Waals surface area contributed by atoms with Gasteiger partial charge in [0.2, 0.25) is 11.7 Å². The molecule has 1 fully saturated rings. The summed E-state index contributed by atoms with van der Waals surface area (Å²) in [6.07, 6.45) is -0.983. The van der Waals surface area contributed by atoms with Gasteiger partial charge in [0, 0.05) is 36.8 Å². The zero-order valence-electron chi connectivity index (χ0n) is 20.5. The summed E-state index contributed by atoms with van der Waals surface area (Å²) in [4.78, 5) is 21.2. The number of alkyl halides is 3. The highest BCUT2D eigenvalue weighted by atomic mass is 19.4. The Bertz CT molecular complexity index is 1260. The van der Waals surface area contributed by atoms with Crippen LogP contribution in [0.1, 0.15) is 17.8 Å². The van der Waals surface area contributed by atoms with Crippen LogP contribution in [0.5, 0.6) is 17.2 Å². The van der Waals surface area contributed by atoms with Gasteiger partial charge in [-0.15, -0.1) is 0 Å². The molecule has 38 heavy (non-hydrogen) atoms. The number of anilines is 1. The monoisotopic (exact) mass is 528 g/mol. The molecule has 3 heterocycles. The third kappa shape index (κ3) is 6.52. The second kappa shape index (κ2) is 11.3. The lowest BCUT2D eigenvalue weighted by molar-refractivity contribution is -0.145. The fraction of sp³-hybridized carbons (Fsp3) is 0.370. The number of nitrogens with zero attached hydrogens (tertiary/aromatic N) is 3. The normalized spacial score (nSPS) is 19.0. The minimum atomic E-state index is -4.61. The summed E-state index contributed by atoms with van der Waals surface area (Å²) in [6, 6.07) is 15.1. The van der Waals surface area contributed by atoms with E-state index in [1.807, 2.05) is 30.3 Å². The molecule has 0 spiro atoms. The van der Waals surface area contributed by atoms with Crippen molar-refractivity contribution in [3.63, 3.8) is 0 Å². The Balaban J connectivity index is 1.06. The summed E-state index contributed by atoms with van der Waals surface area (Å²) in [5.41, 5.74) is 2.03. The van der Waals surface area contributed by atoms with Crippen LogP contribution in [-0.4, -0.2) is 54.8 Å². The minimum Gasteiger partial charge on any atom is -0.493 e. The number of halogens is 3. The molecular formula is C27H27F3N4O4. The Morgan fingerprint density at radius 1 is 1.11 bits per heavy atom. The molecule has 0 saturated carbocycles. The van der Waals surface area contributed by atoms with Crippen LogP contribution in [0.2, 0.25) is 0 Å². The highest BCUT2D eigenvalue weighted by Crippen LogP contribution is 2.30. The zero-order valence-corrected chi connectivity index (χ0v) is 20.5. The highest BCUT2D eigenvalue weighted by Gasteiger charge is 2.34. The molecule has 0 bridgehead atoms. The molecule has 1 aromatic heterocycles. The van der Waals surface area contributed by atoms with Gasteiger partial charge in [-0.1, -0.05) is 24.3 Å². The van der Waals surface area contributed by atoms with E-state index in [9.17, 15) is 18.0 Å². The molecule has 2 aromatic carbocycles. The first kappa shape index (κ1) is 25.8. The van der Waals surface area contributed by atoms with Gasteiger partial charge < -0.3 is 24.4 Å². The molecule has 2 unspecified atom stereocenters. The van der Waals surface area contributed by atoms with Gasteiger partial charge in [0.1, 0.15) is 18.1 Å². The number of ether oxygens (including phenoxy) is 3. The molecule has 0 aliphatic carbocycles. The third-order valence-electron chi connectivity index (χ3n) is 6.40. The van der Waals surface area contributed by atoms with Gasteiger partial charge in [0.05, 0.1) is 25.6 Å². The first-order valence-electron chi connectivity index (χ1n) is 12.3. The number of carbonyl (C=O) groups is 1. The highest BCUT2D eigenvalue weighted by molar-refractivity contribution is 5.77. The molecule has 2 aliphatic rings. The van der Waals surface area contributed by atoms with Crippen molar-refractivity contribution >= 4 is 11.6 Å². The molecular weight excluding hydrogens is 501 g/mol. The molecule has 3 aromatic rings. The quantitative estimate of drug-likeness (QED) is 0.468. The maximum atomic E-state index is 12.7. The van der Waals surface area contributed by atoms with Gasteiger partial charge in [-0.05, 0) is 36.6 Å². The summed E-state index contributed by atoms with van der Waals surface area (Å²) in [6.45, 7) is 2.37. The minimum absolute atomic E-state index is 0.00677. The average Bonchev–Trinajstić information content (AvgIpc) is 3.37. The predicted molar refractivity (Wildman–Crippen MR) is 132 cm³/mol. The van der Waals surface area contributed by atoms with Crippen LogP contribution in [0, 0.1) is 5.92 Å². The molecule has 2 atom stereocenters. The van der Waals surface area contributed by atoms with Gasteiger partial charge in [-0.3, -0.25) is 4.79 Å². The number of fused-ring (bicyclic) bond motifs is 1. The Morgan fingerprint density at radius 2 is 1.92 bits per heavy atom. The van der Waals surface area contributed by atoms with Crippen LogP contribution in [0.4, 0.5) is 18.9 Å². The molecule has 2 aliphatic heterocycles. The lowest BCUT2D eigenvalue weighted by Gasteiger charge is -2.25. The number of nitrogens with one attached hydrogen (secondary N) is 1. The number of carbonyl (C=O) groups excluding carboxylic acids is 1. The van der Waals surface area contributed by atoms with Crippen molar-refractivity contribution in [1.29, 1.82) is 0 Å².